The Hall–Kier alpha value is -2.93. The van der Waals surface area contributed by atoms with Gasteiger partial charge >= 0.3 is 0 Å². The van der Waals surface area contributed by atoms with E-state index in [1.165, 1.54) is 7.11 Å². The van der Waals surface area contributed by atoms with E-state index in [9.17, 15) is 14.4 Å². The number of ether oxygens (including phenoxy) is 1. The second-order valence-corrected chi connectivity index (χ2v) is 7.75. The topological polar surface area (TPSA) is 80.6 Å². The number of rotatable bonds is 5. The van der Waals surface area contributed by atoms with Gasteiger partial charge in [-0.15, -0.1) is 0 Å². The molecular formula is C22H25N3O4. The SMILES string of the molecule is COCCC(=O)Nc1ccc2n(c1=O)C[C@H]1C[C@@H]2CN(C(=O)c2ccccc2)C1. The van der Waals surface area contributed by atoms with Gasteiger partial charge in [0.05, 0.1) is 13.0 Å². The molecule has 1 aromatic carbocycles. The van der Waals surface area contributed by atoms with E-state index in [2.05, 4.69) is 5.32 Å². The first kappa shape index (κ1) is 19.4. The van der Waals surface area contributed by atoms with Crippen LogP contribution in [0.2, 0.25) is 0 Å². The number of carbonyl (C=O) groups excluding carboxylic acids is 2. The molecule has 2 amide bonds. The predicted octanol–water partition coefficient (Wildman–Crippen LogP) is 2.08. The van der Waals surface area contributed by atoms with Crippen LogP contribution in [-0.2, 0) is 16.1 Å². The van der Waals surface area contributed by atoms with Crippen molar-refractivity contribution in [3.05, 3.63) is 64.1 Å². The lowest BCUT2D eigenvalue weighted by Crippen LogP contribution is -2.49. The number of amides is 2. The number of fused-ring (bicyclic) bond motifs is 4. The van der Waals surface area contributed by atoms with Crippen molar-refractivity contribution in [2.45, 2.75) is 25.3 Å². The van der Waals surface area contributed by atoms with Crippen LogP contribution in [0, 0.1) is 5.92 Å². The highest BCUT2D eigenvalue weighted by Gasteiger charge is 2.36. The first-order valence-electron chi connectivity index (χ1n) is 9.93. The molecule has 2 bridgehead atoms. The molecule has 152 valence electrons. The van der Waals surface area contributed by atoms with Crippen LogP contribution in [0.15, 0.2) is 47.3 Å². The van der Waals surface area contributed by atoms with Crippen molar-refractivity contribution < 1.29 is 14.3 Å². The molecular weight excluding hydrogens is 370 g/mol. The van der Waals surface area contributed by atoms with Gasteiger partial charge in [0.1, 0.15) is 5.69 Å². The van der Waals surface area contributed by atoms with Crippen LogP contribution in [0.5, 0.6) is 0 Å². The summed E-state index contributed by atoms with van der Waals surface area (Å²) in [7, 11) is 1.53. The van der Waals surface area contributed by atoms with Gasteiger partial charge in [-0.05, 0) is 36.6 Å². The maximum atomic E-state index is 12.9. The average molecular weight is 395 g/mol. The van der Waals surface area contributed by atoms with Crippen LogP contribution in [0.25, 0.3) is 0 Å². The van der Waals surface area contributed by atoms with Gasteiger partial charge in [-0.3, -0.25) is 14.4 Å². The van der Waals surface area contributed by atoms with Gasteiger partial charge < -0.3 is 19.5 Å². The third-order valence-corrected chi connectivity index (χ3v) is 5.72. The number of pyridine rings is 1. The molecule has 1 fully saturated rings. The largest absolute Gasteiger partial charge is 0.384 e. The molecule has 2 aliphatic rings. The number of likely N-dealkylation sites (tertiary alicyclic amines) is 1. The minimum Gasteiger partial charge on any atom is -0.384 e. The number of nitrogens with zero attached hydrogens (tertiary/aromatic N) is 2. The highest BCUT2D eigenvalue weighted by molar-refractivity contribution is 5.94. The molecule has 0 unspecified atom stereocenters. The maximum absolute atomic E-state index is 12.9. The molecule has 1 N–H and O–H groups in total. The molecule has 0 spiro atoms. The van der Waals surface area contributed by atoms with E-state index in [1.807, 2.05) is 41.3 Å². The third kappa shape index (κ3) is 3.96. The Morgan fingerprint density at radius 2 is 1.90 bits per heavy atom. The maximum Gasteiger partial charge on any atom is 0.274 e. The van der Waals surface area contributed by atoms with E-state index >= 15 is 0 Å². The lowest BCUT2D eigenvalue weighted by atomic mass is 9.83. The van der Waals surface area contributed by atoms with E-state index in [0.717, 1.165) is 12.1 Å². The summed E-state index contributed by atoms with van der Waals surface area (Å²) in [5, 5.41) is 2.69. The predicted molar refractivity (Wildman–Crippen MR) is 109 cm³/mol. The Balaban J connectivity index is 1.54. The zero-order valence-electron chi connectivity index (χ0n) is 16.5. The van der Waals surface area contributed by atoms with Crippen molar-refractivity contribution >= 4 is 17.5 Å². The summed E-state index contributed by atoms with van der Waals surface area (Å²) >= 11 is 0. The molecule has 0 saturated carbocycles. The number of anilines is 1. The van der Waals surface area contributed by atoms with E-state index in [1.54, 1.807) is 10.6 Å². The summed E-state index contributed by atoms with van der Waals surface area (Å²) in [6, 6.07) is 12.9. The fourth-order valence-corrected chi connectivity index (χ4v) is 4.38. The van der Waals surface area contributed by atoms with Crippen LogP contribution >= 0.6 is 0 Å². The second-order valence-electron chi connectivity index (χ2n) is 7.75. The standard InChI is InChI=1S/C22H25N3O4/c1-29-10-9-20(26)23-18-7-8-19-17-11-15(13-25(19)22(18)28)12-24(14-17)21(27)16-5-3-2-4-6-16/h2-8,15,17H,9-14H2,1H3,(H,23,26)/t15-,17+/m0/s1. The van der Waals surface area contributed by atoms with Crippen LogP contribution in [0.1, 0.15) is 34.8 Å². The monoisotopic (exact) mass is 395 g/mol. The number of benzene rings is 1. The lowest BCUT2D eigenvalue weighted by molar-refractivity contribution is -0.117. The van der Waals surface area contributed by atoms with Crippen LogP contribution < -0.4 is 10.9 Å². The van der Waals surface area contributed by atoms with Gasteiger partial charge in [0, 0.05) is 43.9 Å². The fraction of sp³-hybridized carbons (Fsp3) is 0.409. The van der Waals surface area contributed by atoms with Gasteiger partial charge in [0.25, 0.3) is 11.5 Å². The minimum absolute atomic E-state index is 0.0399. The average Bonchev–Trinajstić information content (AvgIpc) is 2.74. The number of hydrogen-bond donors (Lipinski definition) is 1. The molecule has 3 heterocycles. The van der Waals surface area contributed by atoms with Crippen molar-refractivity contribution in [2.75, 3.05) is 32.1 Å². The number of carbonyl (C=O) groups is 2. The molecule has 7 heteroatoms. The van der Waals surface area contributed by atoms with E-state index in [4.69, 9.17) is 4.74 Å². The summed E-state index contributed by atoms with van der Waals surface area (Å²) in [6.45, 7) is 2.11. The van der Waals surface area contributed by atoms with Crippen molar-refractivity contribution in [1.82, 2.24) is 9.47 Å². The number of aromatic nitrogens is 1. The molecule has 1 saturated heterocycles. The molecule has 29 heavy (non-hydrogen) atoms. The lowest BCUT2D eigenvalue weighted by Gasteiger charge is -2.43. The summed E-state index contributed by atoms with van der Waals surface area (Å²) in [5.41, 5.74) is 1.75. The minimum atomic E-state index is -0.236. The van der Waals surface area contributed by atoms with Crippen LogP contribution in [0.3, 0.4) is 0 Å². The first-order valence-corrected chi connectivity index (χ1v) is 9.93. The highest BCUT2D eigenvalue weighted by Crippen LogP contribution is 2.36. The Kier molecular flexibility index (Phi) is 5.49. The zero-order chi connectivity index (χ0) is 20.4. The van der Waals surface area contributed by atoms with Gasteiger partial charge in [0.15, 0.2) is 0 Å². The first-order chi connectivity index (χ1) is 14.1. The number of piperidine rings is 1. The molecule has 2 aromatic rings. The summed E-state index contributed by atoms with van der Waals surface area (Å²) < 4.78 is 6.68. The van der Waals surface area contributed by atoms with Crippen LogP contribution in [0.4, 0.5) is 5.69 Å². The van der Waals surface area contributed by atoms with E-state index in [-0.39, 0.29) is 35.6 Å². The Bertz CT molecular complexity index is 970. The van der Waals surface area contributed by atoms with Crippen molar-refractivity contribution in [3.63, 3.8) is 0 Å². The summed E-state index contributed by atoms with van der Waals surface area (Å²) in [4.78, 5) is 39.7. The smallest absolute Gasteiger partial charge is 0.274 e. The van der Waals surface area contributed by atoms with E-state index < -0.39 is 0 Å². The molecule has 4 rings (SSSR count). The fourth-order valence-electron chi connectivity index (χ4n) is 4.38. The van der Waals surface area contributed by atoms with Crippen molar-refractivity contribution in [2.24, 2.45) is 5.92 Å². The molecule has 1 aromatic heterocycles. The number of methoxy groups -OCH3 is 1. The van der Waals surface area contributed by atoms with E-state index in [0.29, 0.717) is 37.5 Å². The molecule has 0 radical (unpaired) electrons. The highest BCUT2D eigenvalue weighted by atomic mass is 16.5. The van der Waals surface area contributed by atoms with Crippen molar-refractivity contribution in [3.8, 4) is 0 Å². The van der Waals surface area contributed by atoms with Gasteiger partial charge in [0.2, 0.25) is 5.91 Å². The summed E-state index contributed by atoms with van der Waals surface area (Å²) in [6.07, 6.45) is 1.18. The molecule has 2 atom stereocenters. The number of hydrogen-bond acceptors (Lipinski definition) is 4. The zero-order valence-corrected chi connectivity index (χ0v) is 16.5. The van der Waals surface area contributed by atoms with Gasteiger partial charge in [-0.25, -0.2) is 0 Å². The quantitative estimate of drug-likeness (QED) is 0.841. The van der Waals surface area contributed by atoms with Gasteiger partial charge in [-0.1, -0.05) is 18.2 Å². The summed E-state index contributed by atoms with van der Waals surface area (Å²) in [5.74, 6) is 0.158. The molecule has 2 aliphatic heterocycles. The van der Waals surface area contributed by atoms with Crippen LogP contribution in [-0.4, -0.2) is 48.1 Å². The van der Waals surface area contributed by atoms with Crippen molar-refractivity contribution in [1.29, 1.82) is 0 Å². The third-order valence-electron chi connectivity index (χ3n) is 5.72. The number of nitrogens with one attached hydrogen (secondary N) is 1. The second kappa shape index (κ2) is 8.21. The normalized spacial score (nSPS) is 20.1. The Morgan fingerprint density at radius 3 is 2.66 bits per heavy atom. The molecule has 7 nitrogen and oxygen atoms in total. The molecule has 0 aliphatic carbocycles. The van der Waals surface area contributed by atoms with Gasteiger partial charge in [-0.2, -0.15) is 0 Å². The Morgan fingerprint density at radius 1 is 1.10 bits per heavy atom. The Labute approximate surface area is 169 Å².